The summed E-state index contributed by atoms with van der Waals surface area (Å²) in [5, 5.41) is 7.38. The summed E-state index contributed by atoms with van der Waals surface area (Å²) in [4.78, 5) is 27.0. The summed E-state index contributed by atoms with van der Waals surface area (Å²) in [7, 11) is 3.52. The standard InChI is InChI=1S/C14H23N5O2S/c1-17(2)14(21)18-5-4-6-19-12(9-18)7-11(16-19)8-15-13(20)10-22-3/h7H,4-6,8-10H2,1-3H3,(H,15,20). The van der Waals surface area contributed by atoms with Gasteiger partial charge < -0.3 is 15.1 Å². The van der Waals surface area contributed by atoms with Crippen molar-refractivity contribution in [2.24, 2.45) is 0 Å². The van der Waals surface area contributed by atoms with E-state index in [1.54, 1.807) is 19.0 Å². The molecule has 1 aromatic rings. The van der Waals surface area contributed by atoms with Crippen molar-refractivity contribution >= 4 is 23.7 Å². The molecule has 0 aliphatic carbocycles. The molecule has 22 heavy (non-hydrogen) atoms. The van der Waals surface area contributed by atoms with Gasteiger partial charge in [-0.05, 0) is 18.7 Å². The molecule has 2 heterocycles. The average molecular weight is 325 g/mol. The van der Waals surface area contributed by atoms with E-state index in [2.05, 4.69) is 10.4 Å². The Morgan fingerprint density at radius 1 is 1.41 bits per heavy atom. The number of carbonyl (C=O) groups is 2. The predicted molar refractivity (Wildman–Crippen MR) is 86.6 cm³/mol. The molecule has 3 amide bonds. The first-order chi connectivity index (χ1) is 10.5. The maximum absolute atomic E-state index is 12.1. The number of amides is 3. The molecule has 0 aromatic carbocycles. The fourth-order valence-corrected chi connectivity index (χ4v) is 2.79. The smallest absolute Gasteiger partial charge is 0.319 e. The Morgan fingerprint density at radius 2 is 2.18 bits per heavy atom. The normalized spacial score (nSPS) is 14.2. The Labute approximate surface area is 135 Å². The van der Waals surface area contributed by atoms with E-state index in [9.17, 15) is 9.59 Å². The number of fused-ring (bicyclic) bond motifs is 1. The fourth-order valence-electron chi connectivity index (χ4n) is 2.43. The lowest BCUT2D eigenvalue weighted by Gasteiger charge is -2.23. The van der Waals surface area contributed by atoms with Crippen LogP contribution in [-0.4, -0.2) is 64.2 Å². The largest absolute Gasteiger partial charge is 0.350 e. The maximum atomic E-state index is 12.1. The number of rotatable bonds is 4. The average Bonchev–Trinajstić information content (AvgIpc) is 2.75. The van der Waals surface area contributed by atoms with E-state index < -0.39 is 0 Å². The molecule has 0 saturated carbocycles. The van der Waals surface area contributed by atoms with Crippen LogP contribution >= 0.6 is 11.8 Å². The molecule has 1 aliphatic heterocycles. The zero-order valence-corrected chi connectivity index (χ0v) is 14.2. The third-order valence-corrected chi connectivity index (χ3v) is 4.01. The second-order valence-corrected chi connectivity index (χ2v) is 6.38. The molecule has 0 fully saturated rings. The summed E-state index contributed by atoms with van der Waals surface area (Å²) < 4.78 is 1.94. The Balaban J connectivity index is 2.01. The van der Waals surface area contributed by atoms with Crippen molar-refractivity contribution in [1.29, 1.82) is 0 Å². The molecule has 1 N–H and O–H groups in total. The number of carbonyl (C=O) groups excluding carboxylic acids is 2. The Bertz CT molecular complexity index is 543. The van der Waals surface area contributed by atoms with Gasteiger partial charge in [0, 0.05) is 27.2 Å². The molecule has 7 nitrogen and oxygen atoms in total. The zero-order chi connectivity index (χ0) is 16.1. The highest BCUT2D eigenvalue weighted by molar-refractivity contribution is 7.99. The summed E-state index contributed by atoms with van der Waals surface area (Å²) >= 11 is 1.49. The van der Waals surface area contributed by atoms with Gasteiger partial charge in [0.2, 0.25) is 5.91 Å². The van der Waals surface area contributed by atoms with Crippen molar-refractivity contribution in [2.75, 3.05) is 32.6 Å². The molecular weight excluding hydrogens is 302 g/mol. The van der Waals surface area contributed by atoms with E-state index in [4.69, 9.17) is 0 Å². The lowest BCUT2D eigenvalue weighted by molar-refractivity contribution is -0.118. The first kappa shape index (κ1) is 16.7. The molecule has 0 radical (unpaired) electrons. The summed E-state index contributed by atoms with van der Waals surface area (Å²) in [6, 6.07) is 1.99. The minimum atomic E-state index is 0.0140. The van der Waals surface area contributed by atoms with Gasteiger partial charge in [-0.3, -0.25) is 9.48 Å². The van der Waals surface area contributed by atoms with E-state index >= 15 is 0 Å². The van der Waals surface area contributed by atoms with Gasteiger partial charge in [-0.15, -0.1) is 0 Å². The van der Waals surface area contributed by atoms with E-state index in [0.29, 0.717) is 18.8 Å². The minimum Gasteiger partial charge on any atom is -0.350 e. The summed E-state index contributed by atoms with van der Waals surface area (Å²) in [6.45, 7) is 2.52. The lowest BCUT2D eigenvalue weighted by Crippen LogP contribution is -2.38. The van der Waals surface area contributed by atoms with Crippen LogP contribution in [0, 0.1) is 0 Å². The van der Waals surface area contributed by atoms with Crippen molar-refractivity contribution in [2.45, 2.75) is 26.1 Å². The summed E-state index contributed by atoms with van der Waals surface area (Å²) in [5.41, 5.74) is 1.85. The molecule has 1 aliphatic rings. The Kier molecular flexibility index (Phi) is 5.70. The summed E-state index contributed by atoms with van der Waals surface area (Å²) in [6.07, 6.45) is 2.78. The number of hydrogen-bond donors (Lipinski definition) is 1. The van der Waals surface area contributed by atoms with E-state index in [-0.39, 0.29) is 11.9 Å². The number of thioether (sulfide) groups is 1. The SMILES string of the molecule is CSCC(=O)NCc1cc2n(n1)CCCN(C(=O)N(C)C)C2. The lowest BCUT2D eigenvalue weighted by atomic mass is 10.3. The zero-order valence-electron chi connectivity index (χ0n) is 13.3. The van der Waals surface area contributed by atoms with Crippen LogP contribution in [-0.2, 0) is 24.4 Å². The number of hydrogen-bond acceptors (Lipinski definition) is 4. The van der Waals surface area contributed by atoms with Gasteiger partial charge in [0.05, 0.1) is 30.2 Å². The Hall–Kier alpha value is -1.70. The first-order valence-corrected chi connectivity index (χ1v) is 8.68. The van der Waals surface area contributed by atoms with Gasteiger partial charge in [0.1, 0.15) is 0 Å². The van der Waals surface area contributed by atoms with Crippen LogP contribution in [0.3, 0.4) is 0 Å². The van der Waals surface area contributed by atoms with E-state index in [0.717, 1.165) is 30.9 Å². The topological polar surface area (TPSA) is 70.5 Å². The molecule has 122 valence electrons. The van der Waals surface area contributed by atoms with Crippen LogP contribution in [0.15, 0.2) is 6.07 Å². The monoisotopic (exact) mass is 325 g/mol. The van der Waals surface area contributed by atoms with Gasteiger partial charge in [0.15, 0.2) is 0 Å². The molecule has 0 unspecified atom stereocenters. The minimum absolute atomic E-state index is 0.0140. The third kappa shape index (κ3) is 4.16. The molecular formula is C14H23N5O2S. The molecule has 0 saturated heterocycles. The van der Waals surface area contributed by atoms with Crippen LogP contribution < -0.4 is 5.32 Å². The Morgan fingerprint density at radius 3 is 2.86 bits per heavy atom. The summed E-state index contributed by atoms with van der Waals surface area (Å²) in [5.74, 6) is 0.471. The second kappa shape index (κ2) is 7.53. The van der Waals surface area contributed by atoms with Crippen molar-refractivity contribution in [3.63, 3.8) is 0 Å². The molecule has 0 bridgehead atoms. The number of aryl methyl sites for hydroxylation is 1. The number of aromatic nitrogens is 2. The highest BCUT2D eigenvalue weighted by Crippen LogP contribution is 2.15. The van der Waals surface area contributed by atoms with Gasteiger partial charge in [-0.1, -0.05) is 0 Å². The van der Waals surface area contributed by atoms with Crippen molar-refractivity contribution in [1.82, 2.24) is 24.9 Å². The van der Waals surface area contributed by atoms with Crippen molar-refractivity contribution < 1.29 is 9.59 Å². The highest BCUT2D eigenvalue weighted by Gasteiger charge is 2.21. The first-order valence-electron chi connectivity index (χ1n) is 7.28. The van der Waals surface area contributed by atoms with Crippen molar-refractivity contribution in [3.8, 4) is 0 Å². The molecule has 8 heteroatoms. The van der Waals surface area contributed by atoms with Crippen LogP contribution in [0.4, 0.5) is 4.79 Å². The van der Waals surface area contributed by atoms with Crippen LogP contribution in [0.5, 0.6) is 0 Å². The second-order valence-electron chi connectivity index (χ2n) is 5.51. The fraction of sp³-hybridized carbons (Fsp3) is 0.643. The maximum Gasteiger partial charge on any atom is 0.319 e. The van der Waals surface area contributed by atoms with Gasteiger partial charge in [-0.2, -0.15) is 16.9 Å². The molecule has 1 aromatic heterocycles. The van der Waals surface area contributed by atoms with Crippen LogP contribution in [0.2, 0.25) is 0 Å². The van der Waals surface area contributed by atoms with E-state index in [1.807, 2.05) is 21.9 Å². The molecule has 2 rings (SSSR count). The quantitative estimate of drug-likeness (QED) is 0.887. The number of urea groups is 1. The predicted octanol–water partition coefficient (Wildman–Crippen LogP) is 0.750. The van der Waals surface area contributed by atoms with Gasteiger partial charge >= 0.3 is 6.03 Å². The van der Waals surface area contributed by atoms with E-state index in [1.165, 1.54) is 11.8 Å². The number of nitrogens with zero attached hydrogens (tertiary/aromatic N) is 4. The highest BCUT2D eigenvalue weighted by atomic mass is 32.2. The third-order valence-electron chi connectivity index (χ3n) is 3.46. The van der Waals surface area contributed by atoms with Gasteiger partial charge in [-0.25, -0.2) is 4.79 Å². The number of nitrogens with one attached hydrogen (secondary N) is 1. The van der Waals surface area contributed by atoms with Crippen LogP contribution in [0.1, 0.15) is 17.8 Å². The molecule has 0 atom stereocenters. The molecule has 0 spiro atoms. The van der Waals surface area contributed by atoms with Crippen molar-refractivity contribution in [3.05, 3.63) is 17.5 Å². The van der Waals surface area contributed by atoms with Crippen LogP contribution in [0.25, 0.3) is 0 Å². The van der Waals surface area contributed by atoms with Gasteiger partial charge in [0.25, 0.3) is 0 Å².